The van der Waals surface area contributed by atoms with E-state index in [0.717, 1.165) is 59.5 Å². The standard InChI is InChI=1S/C22H22N6/c1-2-15-4-5-17-18(12-15)26-21-20(17)22(25-14-24-21)28-11-7-16-6-10-27(9-3-8-23)13-19(16)28/h1,4-5,12,14,16,19H,3,6-7,9-11,13H2,(H,24,25,26). The lowest BCUT2D eigenvalue weighted by molar-refractivity contribution is 0.177. The van der Waals surface area contributed by atoms with Gasteiger partial charge in [0.1, 0.15) is 17.8 Å². The Labute approximate surface area is 164 Å². The van der Waals surface area contributed by atoms with Crippen molar-refractivity contribution in [3.05, 3.63) is 30.1 Å². The number of aromatic nitrogens is 3. The van der Waals surface area contributed by atoms with E-state index in [1.807, 2.05) is 12.1 Å². The van der Waals surface area contributed by atoms with Crippen LogP contribution in [0.1, 0.15) is 24.8 Å². The first-order chi connectivity index (χ1) is 13.8. The minimum absolute atomic E-state index is 0.445. The molecule has 0 radical (unpaired) electrons. The number of likely N-dealkylation sites (tertiary alicyclic amines) is 1. The number of nitriles is 1. The predicted molar refractivity (Wildman–Crippen MR) is 110 cm³/mol. The molecule has 0 bridgehead atoms. The zero-order chi connectivity index (χ0) is 19.1. The highest BCUT2D eigenvalue weighted by molar-refractivity contribution is 6.11. The lowest BCUT2D eigenvalue weighted by atomic mass is 9.92. The Hall–Kier alpha value is -3.09. The Morgan fingerprint density at radius 3 is 3.00 bits per heavy atom. The highest BCUT2D eigenvalue weighted by Crippen LogP contribution is 2.39. The van der Waals surface area contributed by atoms with Crippen molar-refractivity contribution in [2.24, 2.45) is 5.92 Å². The van der Waals surface area contributed by atoms with Crippen molar-refractivity contribution >= 4 is 27.8 Å². The third kappa shape index (κ3) is 2.69. The number of hydrogen-bond donors (Lipinski definition) is 1. The van der Waals surface area contributed by atoms with Crippen LogP contribution in [0.3, 0.4) is 0 Å². The number of hydrogen-bond acceptors (Lipinski definition) is 5. The van der Waals surface area contributed by atoms with Crippen LogP contribution in [0.5, 0.6) is 0 Å². The third-order valence-corrected chi connectivity index (χ3v) is 6.29. The van der Waals surface area contributed by atoms with Gasteiger partial charge in [0.15, 0.2) is 0 Å². The van der Waals surface area contributed by atoms with Crippen molar-refractivity contribution in [3.63, 3.8) is 0 Å². The minimum Gasteiger partial charge on any atom is -0.351 e. The molecule has 2 saturated heterocycles. The molecule has 2 fully saturated rings. The van der Waals surface area contributed by atoms with Crippen LogP contribution < -0.4 is 4.90 Å². The molecule has 28 heavy (non-hydrogen) atoms. The van der Waals surface area contributed by atoms with Gasteiger partial charge in [0, 0.05) is 48.6 Å². The Bertz CT molecular complexity index is 1120. The van der Waals surface area contributed by atoms with E-state index in [0.29, 0.717) is 18.4 Å². The number of anilines is 1. The van der Waals surface area contributed by atoms with E-state index in [9.17, 15) is 0 Å². The summed E-state index contributed by atoms with van der Waals surface area (Å²) in [6.45, 7) is 3.97. The van der Waals surface area contributed by atoms with E-state index >= 15 is 0 Å². The molecular weight excluding hydrogens is 348 g/mol. The van der Waals surface area contributed by atoms with Crippen molar-refractivity contribution in [3.8, 4) is 18.4 Å². The van der Waals surface area contributed by atoms with Gasteiger partial charge in [-0.05, 0) is 37.4 Å². The van der Waals surface area contributed by atoms with Gasteiger partial charge in [-0.25, -0.2) is 9.97 Å². The highest BCUT2D eigenvalue weighted by atomic mass is 15.3. The molecule has 0 spiro atoms. The molecule has 5 rings (SSSR count). The fourth-order valence-corrected chi connectivity index (χ4v) is 4.90. The lowest BCUT2D eigenvalue weighted by Crippen LogP contribution is -2.48. The summed E-state index contributed by atoms with van der Waals surface area (Å²) < 4.78 is 0. The molecule has 2 aliphatic heterocycles. The molecule has 4 heterocycles. The summed E-state index contributed by atoms with van der Waals surface area (Å²) in [5.41, 5.74) is 2.72. The van der Waals surface area contributed by atoms with Crippen molar-refractivity contribution < 1.29 is 0 Å². The van der Waals surface area contributed by atoms with Crippen LogP contribution in [0.25, 0.3) is 21.9 Å². The molecular formula is C22H22N6. The molecule has 3 aromatic rings. The number of piperidine rings is 1. The summed E-state index contributed by atoms with van der Waals surface area (Å²) in [6, 6.07) is 8.77. The van der Waals surface area contributed by atoms with Gasteiger partial charge >= 0.3 is 0 Å². The Balaban J connectivity index is 1.55. The SMILES string of the molecule is C#Cc1ccc2c(c1)[nH]c1ncnc(N3CCC4CCN(CCC#N)CC43)c12. The van der Waals surface area contributed by atoms with E-state index in [-0.39, 0.29) is 0 Å². The Morgan fingerprint density at radius 2 is 2.14 bits per heavy atom. The maximum absolute atomic E-state index is 8.93. The van der Waals surface area contributed by atoms with Crippen LogP contribution in [0.15, 0.2) is 24.5 Å². The monoisotopic (exact) mass is 370 g/mol. The quantitative estimate of drug-likeness (QED) is 0.718. The number of benzene rings is 1. The van der Waals surface area contributed by atoms with E-state index in [4.69, 9.17) is 16.7 Å². The number of terminal acetylenes is 1. The van der Waals surface area contributed by atoms with Crippen molar-refractivity contribution in [1.82, 2.24) is 19.9 Å². The summed E-state index contributed by atoms with van der Waals surface area (Å²) in [5.74, 6) is 4.41. The first-order valence-corrected chi connectivity index (χ1v) is 9.87. The topological polar surface area (TPSA) is 71.8 Å². The number of rotatable bonds is 3. The first-order valence-electron chi connectivity index (χ1n) is 9.87. The van der Waals surface area contributed by atoms with Crippen molar-refractivity contribution in [2.45, 2.75) is 25.3 Å². The summed E-state index contributed by atoms with van der Waals surface area (Å²) >= 11 is 0. The van der Waals surface area contributed by atoms with Crippen LogP contribution in [0.2, 0.25) is 0 Å². The molecule has 6 nitrogen and oxygen atoms in total. The number of nitrogens with zero attached hydrogens (tertiary/aromatic N) is 5. The molecule has 140 valence electrons. The van der Waals surface area contributed by atoms with Crippen LogP contribution in [0.4, 0.5) is 5.82 Å². The fraction of sp³-hybridized carbons (Fsp3) is 0.409. The number of aromatic amines is 1. The predicted octanol–water partition coefficient (Wildman–Crippen LogP) is 2.91. The van der Waals surface area contributed by atoms with Gasteiger partial charge in [0.25, 0.3) is 0 Å². The second kappa shape index (κ2) is 6.82. The molecule has 2 unspecified atom stereocenters. The Kier molecular flexibility index (Phi) is 4.15. The molecule has 0 aliphatic carbocycles. The average molecular weight is 370 g/mol. The largest absolute Gasteiger partial charge is 0.351 e. The van der Waals surface area contributed by atoms with Gasteiger partial charge in [-0.15, -0.1) is 6.42 Å². The van der Waals surface area contributed by atoms with Crippen LogP contribution in [-0.4, -0.2) is 52.1 Å². The van der Waals surface area contributed by atoms with E-state index < -0.39 is 0 Å². The molecule has 2 aliphatic rings. The van der Waals surface area contributed by atoms with Crippen molar-refractivity contribution in [2.75, 3.05) is 31.1 Å². The van der Waals surface area contributed by atoms with Crippen molar-refractivity contribution in [1.29, 1.82) is 5.26 Å². The second-order valence-corrected chi connectivity index (χ2v) is 7.76. The molecule has 2 atom stereocenters. The molecule has 1 N–H and O–H groups in total. The van der Waals surface area contributed by atoms with Gasteiger partial charge in [-0.2, -0.15) is 5.26 Å². The normalized spacial score (nSPS) is 22.3. The molecule has 0 amide bonds. The molecule has 6 heteroatoms. The molecule has 2 aromatic heterocycles. The van der Waals surface area contributed by atoms with E-state index in [2.05, 4.69) is 37.8 Å². The van der Waals surface area contributed by atoms with Gasteiger partial charge in [0.05, 0.1) is 11.5 Å². The zero-order valence-corrected chi connectivity index (χ0v) is 15.7. The summed E-state index contributed by atoms with van der Waals surface area (Å²) in [7, 11) is 0. The first kappa shape index (κ1) is 17.0. The zero-order valence-electron chi connectivity index (χ0n) is 15.7. The second-order valence-electron chi connectivity index (χ2n) is 7.76. The van der Waals surface area contributed by atoms with Crippen LogP contribution >= 0.6 is 0 Å². The Morgan fingerprint density at radius 1 is 1.25 bits per heavy atom. The lowest BCUT2D eigenvalue weighted by Gasteiger charge is -2.38. The van der Waals surface area contributed by atoms with Gasteiger partial charge in [0.2, 0.25) is 0 Å². The van der Waals surface area contributed by atoms with E-state index in [1.54, 1.807) is 6.33 Å². The van der Waals surface area contributed by atoms with Gasteiger partial charge < -0.3 is 14.8 Å². The summed E-state index contributed by atoms with van der Waals surface area (Å²) in [5, 5.41) is 11.1. The number of fused-ring (bicyclic) bond motifs is 4. The third-order valence-electron chi connectivity index (χ3n) is 6.29. The van der Waals surface area contributed by atoms with Crippen LogP contribution in [-0.2, 0) is 0 Å². The average Bonchev–Trinajstić information content (AvgIpc) is 3.32. The maximum Gasteiger partial charge on any atom is 0.143 e. The number of nitrogens with one attached hydrogen (secondary N) is 1. The van der Waals surface area contributed by atoms with Crippen LogP contribution in [0, 0.1) is 29.6 Å². The van der Waals surface area contributed by atoms with Gasteiger partial charge in [-0.3, -0.25) is 0 Å². The van der Waals surface area contributed by atoms with Gasteiger partial charge in [-0.1, -0.05) is 12.0 Å². The number of H-pyrrole nitrogens is 1. The van der Waals surface area contributed by atoms with E-state index in [1.165, 1.54) is 12.8 Å². The molecule has 0 saturated carbocycles. The smallest absolute Gasteiger partial charge is 0.143 e. The summed E-state index contributed by atoms with van der Waals surface area (Å²) in [4.78, 5) is 17.5. The molecule has 1 aromatic carbocycles. The highest BCUT2D eigenvalue weighted by Gasteiger charge is 2.39. The minimum atomic E-state index is 0.445. The fourth-order valence-electron chi connectivity index (χ4n) is 4.90. The maximum atomic E-state index is 8.93. The summed E-state index contributed by atoms with van der Waals surface area (Å²) in [6.07, 6.45) is 10.2.